The molecule has 4 heteroatoms. The number of likely N-dealkylation sites (tertiary alicyclic amines) is 1. The Bertz CT molecular complexity index is 303. The van der Waals surface area contributed by atoms with Gasteiger partial charge in [-0.1, -0.05) is 0 Å². The number of nitrogens with zero attached hydrogens (tertiary/aromatic N) is 1. The molecule has 0 aromatic carbocycles. The molecule has 1 amide bonds. The molecule has 19 heavy (non-hydrogen) atoms. The van der Waals surface area contributed by atoms with E-state index in [1.807, 2.05) is 0 Å². The Balaban J connectivity index is 1.77. The number of hydrogen-bond donors (Lipinski definition) is 2. The average molecular weight is 267 g/mol. The van der Waals surface area contributed by atoms with E-state index in [2.05, 4.69) is 36.3 Å². The molecule has 1 atom stereocenters. The van der Waals surface area contributed by atoms with Crippen molar-refractivity contribution < 1.29 is 4.79 Å². The molecule has 2 aliphatic heterocycles. The van der Waals surface area contributed by atoms with Crippen molar-refractivity contribution in [2.24, 2.45) is 0 Å². The van der Waals surface area contributed by atoms with Crippen LogP contribution >= 0.6 is 0 Å². The van der Waals surface area contributed by atoms with Gasteiger partial charge in [-0.05, 0) is 46.5 Å². The summed E-state index contributed by atoms with van der Waals surface area (Å²) in [6.07, 6.45) is 5.28. The lowest BCUT2D eigenvalue weighted by Gasteiger charge is -2.41. The molecule has 2 fully saturated rings. The van der Waals surface area contributed by atoms with Gasteiger partial charge in [-0.2, -0.15) is 0 Å². The smallest absolute Gasteiger partial charge is 0.221 e. The molecule has 0 aliphatic carbocycles. The highest BCUT2D eigenvalue weighted by Crippen LogP contribution is 2.21. The topological polar surface area (TPSA) is 44.4 Å². The largest absolute Gasteiger partial charge is 0.356 e. The Kier molecular flexibility index (Phi) is 4.85. The molecule has 0 saturated carbocycles. The van der Waals surface area contributed by atoms with Crippen LogP contribution in [-0.2, 0) is 4.79 Å². The van der Waals surface area contributed by atoms with Gasteiger partial charge in [0.1, 0.15) is 0 Å². The third kappa shape index (κ3) is 4.46. The summed E-state index contributed by atoms with van der Waals surface area (Å²) in [7, 11) is 0. The quantitative estimate of drug-likeness (QED) is 0.797. The molecule has 2 saturated heterocycles. The van der Waals surface area contributed by atoms with E-state index in [1.54, 1.807) is 0 Å². The molecule has 2 rings (SSSR count). The Morgan fingerprint density at radius 1 is 1.16 bits per heavy atom. The maximum absolute atomic E-state index is 11.6. The number of piperidine rings is 1. The number of rotatable bonds is 2. The SMILES string of the molecule is CC(C)(C)N1CCC(NC2CCCNC(=O)C2)CC1. The molecule has 0 radical (unpaired) electrons. The predicted octanol–water partition coefficient (Wildman–Crippen LogP) is 1.51. The van der Waals surface area contributed by atoms with Gasteiger partial charge >= 0.3 is 0 Å². The van der Waals surface area contributed by atoms with Crippen molar-refractivity contribution in [2.45, 2.75) is 70.5 Å². The summed E-state index contributed by atoms with van der Waals surface area (Å²) in [5.41, 5.74) is 0.285. The Labute approximate surface area is 117 Å². The van der Waals surface area contributed by atoms with E-state index >= 15 is 0 Å². The second kappa shape index (κ2) is 6.23. The summed E-state index contributed by atoms with van der Waals surface area (Å²) in [6.45, 7) is 10.0. The third-order valence-corrected chi connectivity index (χ3v) is 4.40. The first kappa shape index (κ1) is 14.8. The van der Waals surface area contributed by atoms with E-state index in [0.29, 0.717) is 18.5 Å². The number of carbonyl (C=O) groups is 1. The van der Waals surface area contributed by atoms with E-state index in [1.165, 1.54) is 25.9 Å². The van der Waals surface area contributed by atoms with Crippen molar-refractivity contribution in [3.05, 3.63) is 0 Å². The molecule has 0 spiro atoms. The van der Waals surface area contributed by atoms with Crippen molar-refractivity contribution in [3.8, 4) is 0 Å². The zero-order valence-corrected chi connectivity index (χ0v) is 12.7. The van der Waals surface area contributed by atoms with Crippen molar-refractivity contribution in [2.75, 3.05) is 19.6 Å². The highest BCUT2D eigenvalue weighted by atomic mass is 16.1. The lowest BCUT2D eigenvalue weighted by molar-refractivity contribution is -0.121. The van der Waals surface area contributed by atoms with Crippen LogP contribution in [0.2, 0.25) is 0 Å². The second-order valence-corrected chi connectivity index (χ2v) is 6.99. The maximum atomic E-state index is 11.6. The van der Waals surface area contributed by atoms with Gasteiger partial charge in [-0.25, -0.2) is 0 Å². The molecule has 1 unspecified atom stereocenters. The molecule has 0 aromatic rings. The summed E-state index contributed by atoms with van der Waals surface area (Å²) in [5.74, 6) is 0.210. The summed E-state index contributed by atoms with van der Waals surface area (Å²) in [5, 5.41) is 6.66. The minimum atomic E-state index is 0.210. The first-order valence-corrected chi connectivity index (χ1v) is 7.73. The summed E-state index contributed by atoms with van der Waals surface area (Å²) in [6, 6.07) is 0.975. The first-order valence-electron chi connectivity index (χ1n) is 7.73. The summed E-state index contributed by atoms with van der Waals surface area (Å²) < 4.78 is 0. The van der Waals surface area contributed by atoms with Gasteiger partial charge in [0.25, 0.3) is 0 Å². The Morgan fingerprint density at radius 2 is 1.84 bits per heavy atom. The summed E-state index contributed by atoms with van der Waals surface area (Å²) in [4.78, 5) is 14.1. The lowest BCUT2D eigenvalue weighted by atomic mass is 9.96. The molecule has 0 aromatic heterocycles. The molecule has 2 N–H and O–H groups in total. The third-order valence-electron chi connectivity index (χ3n) is 4.40. The zero-order valence-electron chi connectivity index (χ0n) is 12.7. The van der Waals surface area contributed by atoms with E-state index in [9.17, 15) is 4.79 Å². The molecular formula is C15H29N3O. The normalized spacial score (nSPS) is 27.9. The molecular weight excluding hydrogens is 238 g/mol. The van der Waals surface area contributed by atoms with Gasteiger partial charge in [-0.3, -0.25) is 9.69 Å². The fourth-order valence-corrected chi connectivity index (χ4v) is 3.17. The van der Waals surface area contributed by atoms with Crippen molar-refractivity contribution in [3.63, 3.8) is 0 Å². The molecule has 2 heterocycles. The van der Waals surface area contributed by atoms with Crippen LogP contribution in [0.15, 0.2) is 0 Å². The minimum absolute atomic E-state index is 0.210. The van der Waals surface area contributed by atoms with Crippen LogP contribution in [-0.4, -0.2) is 48.1 Å². The maximum Gasteiger partial charge on any atom is 0.221 e. The zero-order chi connectivity index (χ0) is 13.9. The second-order valence-electron chi connectivity index (χ2n) is 6.99. The highest BCUT2D eigenvalue weighted by molar-refractivity contribution is 5.76. The molecule has 2 aliphatic rings. The fourth-order valence-electron chi connectivity index (χ4n) is 3.17. The van der Waals surface area contributed by atoms with Gasteiger partial charge < -0.3 is 10.6 Å². The monoisotopic (exact) mass is 267 g/mol. The number of nitrogens with one attached hydrogen (secondary N) is 2. The van der Waals surface area contributed by atoms with Crippen LogP contribution in [0.4, 0.5) is 0 Å². The molecule has 110 valence electrons. The van der Waals surface area contributed by atoms with Crippen LogP contribution in [0.1, 0.15) is 52.9 Å². The minimum Gasteiger partial charge on any atom is -0.356 e. The van der Waals surface area contributed by atoms with Crippen LogP contribution in [0, 0.1) is 0 Å². The predicted molar refractivity (Wildman–Crippen MR) is 78.1 cm³/mol. The van der Waals surface area contributed by atoms with Crippen LogP contribution < -0.4 is 10.6 Å². The van der Waals surface area contributed by atoms with E-state index < -0.39 is 0 Å². The lowest BCUT2D eigenvalue weighted by Crippen LogP contribution is -2.51. The number of hydrogen-bond acceptors (Lipinski definition) is 3. The number of amides is 1. The van der Waals surface area contributed by atoms with Crippen molar-refractivity contribution in [1.82, 2.24) is 15.5 Å². The molecule has 4 nitrogen and oxygen atoms in total. The van der Waals surface area contributed by atoms with E-state index in [-0.39, 0.29) is 11.4 Å². The Morgan fingerprint density at radius 3 is 2.47 bits per heavy atom. The van der Waals surface area contributed by atoms with Crippen molar-refractivity contribution in [1.29, 1.82) is 0 Å². The van der Waals surface area contributed by atoms with Crippen LogP contribution in [0.5, 0.6) is 0 Å². The van der Waals surface area contributed by atoms with Gasteiger partial charge in [0.2, 0.25) is 5.91 Å². The van der Waals surface area contributed by atoms with Crippen molar-refractivity contribution >= 4 is 5.91 Å². The van der Waals surface area contributed by atoms with Crippen LogP contribution in [0.25, 0.3) is 0 Å². The van der Waals surface area contributed by atoms with Gasteiger partial charge in [-0.15, -0.1) is 0 Å². The highest BCUT2D eigenvalue weighted by Gasteiger charge is 2.28. The first-order chi connectivity index (χ1) is 8.95. The number of carbonyl (C=O) groups excluding carboxylic acids is 1. The average Bonchev–Trinajstić information content (AvgIpc) is 2.53. The molecule has 0 bridgehead atoms. The van der Waals surface area contributed by atoms with Gasteiger partial charge in [0.15, 0.2) is 0 Å². The van der Waals surface area contributed by atoms with E-state index in [0.717, 1.165) is 19.4 Å². The van der Waals surface area contributed by atoms with Gasteiger partial charge in [0, 0.05) is 43.7 Å². The standard InChI is InChI=1S/C15H29N3O/c1-15(2,3)18-9-6-12(7-10-18)17-13-5-4-8-16-14(19)11-13/h12-13,17H,4-11H2,1-3H3,(H,16,19). The summed E-state index contributed by atoms with van der Waals surface area (Å²) >= 11 is 0. The van der Waals surface area contributed by atoms with E-state index in [4.69, 9.17) is 0 Å². The van der Waals surface area contributed by atoms with Gasteiger partial charge in [0.05, 0.1) is 0 Å². The van der Waals surface area contributed by atoms with Crippen LogP contribution in [0.3, 0.4) is 0 Å². The Hall–Kier alpha value is -0.610. The fraction of sp³-hybridized carbons (Fsp3) is 0.933.